The fraction of sp³-hybridized carbons (Fsp3) is 0.647. The Hall–Kier alpha value is -0.860. The van der Waals surface area contributed by atoms with Gasteiger partial charge in [0.2, 0.25) is 0 Å². The Morgan fingerprint density at radius 3 is 1.95 bits per heavy atom. The average Bonchev–Trinajstić information content (AvgIpc) is 2.71. The standard InChI is InChI=1S/C17H28N2/c1-12(2)15-5-7-16(8-6-15)17(9-18)19-10-13(3)14(4)11-19/h5-8,12-14,17H,9-11,18H2,1-4H3. The molecule has 2 heteroatoms. The first-order valence-corrected chi connectivity index (χ1v) is 7.57. The maximum Gasteiger partial charge on any atom is 0.0470 e. The molecule has 0 aliphatic carbocycles. The maximum atomic E-state index is 6.03. The minimum atomic E-state index is 0.383. The number of nitrogens with zero attached hydrogens (tertiary/aromatic N) is 1. The minimum Gasteiger partial charge on any atom is -0.329 e. The molecule has 1 heterocycles. The normalized spacial score (nSPS) is 26.0. The van der Waals surface area contributed by atoms with Gasteiger partial charge in [-0.25, -0.2) is 0 Å². The van der Waals surface area contributed by atoms with Crippen LogP contribution < -0.4 is 5.73 Å². The van der Waals surface area contributed by atoms with Crippen LogP contribution in [0.4, 0.5) is 0 Å². The summed E-state index contributed by atoms with van der Waals surface area (Å²) in [6.45, 7) is 12.2. The van der Waals surface area contributed by atoms with Gasteiger partial charge in [-0.15, -0.1) is 0 Å². The molecule has 106 valence electrons. The summed E-state index contributed by atoms with van der Waals surface area (Å²) < 4.78 is 0. The summed E-state index contributed by atoms with van der Waals surface area (Å²) in [7, 11) is 0. The fourth-order valence-electron chi connectivity index (χ4n) is 3.03. The SMILES string of the molecule is CC(C)c1ccc(C(CN)N2CC(C)C(C)C2)cc1. The molecule has 2 N–H and O–H groups in total. The van der Waals surface area contributed by atoms with Gasteiger partial charge in [-0.2, -0.15) is 0 Å². The number of hydrogen-bond donors (Lipinski definition) is 1. The average molecular weight is 260 g/mol. The van der Waals surface area contributed by atoms with Gasteiger partial charge in [0, 0.05) is 25.7 Å². The third-order valence-electron chi connectivity index (χ3n) is 4.67. The molecule has 0 bridgehead atoms. The van der Waals surface area contributed by atoms with Crippen LogP contribution in [0.15, 0.2) is 24.3 Å². The molecule has 3 atom stereocenters. The highest BCUT2D eigenvalue weighted by molar-refractivity contribution is 5.27. The van der Waals surface area contributed by atoms with Crippen LogP contribution >= 0.6 is 0 Å². The highest BCUT2D eigenvalue weighted by Crippen LogP contribution is 2.30. The predicted octanol–water partition coefficient (Wildman–Crippen LogP) is 3.40. The molecule has 0 amide bonds. The van der Waals surface area contributed by atoms with E-state index in [9.17, 15) is 0 Å². The molecule has 1 aromatic carbocycles. The second kappa shape index (κ2) is 6.06. The Kier molecular flexibility index (Phi) is 4.64. The van der Waals surface area contributed by atoms with Crippen LogP contribution in [-0.4, -0.2) is 24.5 Å². The Balaban J connectivity index is 2.13. The molecule has 0 radical (unpaired) electrons. The van der Waals surface area contributed by atoms with E-state index in [1.54, 1.807) is 0 Å². The van der Waals surface area contributed by atoms with E-state index in [-0.39, 0.29) is 0 Å². The first-order valence-electron chi connectivity index (χ1n) is 7.57. The molecule has 1 saturated heterocycles. The lowest BCUT2D eigenvalue weighted by Crippen LogP contribution is -2.32. The first-order chi connectivity index (χ1) is 9.02. The molecule has 2 nitrogen and oxygen atoms in total. The second-order valence-electron chi connectivity index (χ2n) is 6.48. The molecule has 1 aliphatic heterocycles. The van der Waals surface area contributed by atoms with Crippen molar-refractivity contribution in [3.63, 3.8) is 0 Å². The van der Waals surface area contributed by atoms with Gasteiger partial charge in [0.25, 0.3) is 0 Å². The Bertz CT molecular complexity index is 386. The molecule has 19 heavy (non-hydrogen) atoms. The summed E-state index contributed by atoms with van der Waals surface area (Å²) in [4.78, 5) is 2.56. The number of nitrogens with two attached hydrogens (primary N) is 1. The number of hydrogen-bond acceptors (Lipinski definition) is 2. The number of benzene rings is 1. The van der Waals surface area contributed by atoms with E-state index < -0.39 is 0 Å². The van der Waals surface area contributed by atoms with E-state index in [1.807, 2.05) is 0 Å². The van der Waals surface area contributed by atoms with Crippen molar-refractivity contribution in [3.05, 3.63) is 35.4 Å². The molecule has 1 aliphatic rings. The molecule has 0 spiro atoms. The highest BCUT2D eigenvalue weighted by atomic mass is 15.2. The van der Waals surface area contributed by atoms with Crippen LogP contribution in [0.2, 0.25) is 0 Å². The largest absolute Gasteiger partial charge is 0.329 e. The third-order valence-corrected chi connectivity index (χ3v) is 4.67. The maximum absolute atomic E-state index is 6.03. The Morgan fingerprint density at radius 2 is 1.53 bits per heavy atom. The first kappa shape index (κ1) is 14.5. The van der Waals surface area contributed by atoms with Crippen LogP contribution in [0, 0.1) is 11.8 Å². The van der Waals surface area contributed by atoms with Crippen molar-refractivity contribution in [1.82, 2.24) is 4.90 Å². The topological polar surface area (TPSA) is 29.3 Å². The molecule has 0 saturated carbocycles. The van der Waals surface area contributed by atoms with E-state index in [2.05, 4.69) is 56.9 Å². The number of likely N-dealkylation sites (tertiary alicyclic amines) is 1. The second-order valence-corrected chi connectivity index (χ2v) is 6.48. The lowest BCUT2D eigenvalue weighted by Gasteiger charge is -2.27. The summed E-state index contributed by atoms with van der Waals surface area (Å²) >= 11 is 0. The van der Waals surface area contributed by atoms with E-state index in [4.69, 9.17) is 5.73 Å². The van der Waals surface area contributed by atoms with E-state index in [0.717, 1.165) is 11.8 Å². The summed E-state index contributed by atoms with van der Waals surface area (Å²) in [6.07, 6.45) is 0. The van der Waals surface area contributed by atoms with Crippen molar-refractivity contribution in [3.8, 4) is 0 Å². The molecular weight excluding hydrogens is 232 g/mol. The molecule has 1 fully saturated rings. The summed E-state index contributed by atoms with van der Waals surface area (Å²) in [6, 6.07) is 9.42. The summed E-state index contributed by atoms with van der Waals surface area (Å²) in [5, 5.41) is 0. The van der Waals surface area contributed by atoms with E-state index in [0.29, 0.717) is 18.5 Å². The molecular formula is C17H28N2. The van der Waals surface area contributed by atoms with Crippen LogP contribution in [0.3, 0.4) is 0 Å². The van der Waals surface area contributed by atoms with Gasteiger partial charge in [-0.3, -0.25) is 4.90 Å². The lowest BCUT2D eigenvalue weighted by atomic mass is 9.98. The third kappa shape index (κ3) is 3.18. The molecule has 1 aromatic rings. The van der Waals surface area contributed by atoms with Crippen molar-refractivity contribution in [1.29, 1.82) is 0 Å². The van der Waals surface area contributed by atoms with Crippen molar-refractivity contribution in [2.45, 2.75) is 39.7 Å². The van der Waals surface area contributed by atoms with Crippen molar-refractivity contribution < 1.29 is 0 Å². The predicted molar refractivity (Wildman–Crippen MR) is 82.2 cm³/mol. The van der Waals surface area contributed by atoms with Crippen LogP contribution in [0.5, 0.6) is 0 Å². The van der Waals surface area contributed by atoms with Crippen molar-refractivity contribution >= 4 is 0 Å². The zero-order valence-corrected chi connectivity index (χ0v) is 12.8. The molecule has 0 aromatic heterocycles. The van der Waals surface area contributed by atoms with Gasteiger partial charge < -0.3 is 5.73 Å². The lowest BCUT2D eigenvalue weighted by molar-refractivity contribution is 0.240. The van der Waals surface area contributed by atoms with Gasteiger partial charge in [0.1, 0.15) is 0 Å². The highest BCUT2D eigenvalue weighted by Gasteiger charge is 2.30. The van der Waals surface area contributed by atoms with Crippen molar-refractivity contribution in [2.24, 2.45) is 17.6 Å². The molecule has 3 unspecified atom stereocenters. The van der Waals surface area contributed by atoms with Gasteiger partial charge in [-0.1, -0.05) is 52.0 Å². The van der Waals surface area contributed by atoms with Crippen molar-refractivity contribution in [2.75, 3.05) is 19.6 Å². The van der Waals surface area contributed by atoms with E-state index >= 15 is 0 Å². The van der Waals surface area contributed by atoms with Gasteiger partial charge in [0.15, 0.2) is 0 Å². The monoisotopic (exact) mass is 260 g/mol. The Labute approximate surface area is 118 Å². The smallest absolute Gasteiger partial charge is 0.0470 e. The quantitative estimate of drug-likeness (QED) is 0.899. The van der Waals surface area contributed by atoms with Gasteiger partial charge >= 0.3 is 0 Å². The molecule has 2 rings (SSSR count). The van der Waals surface area contributed by atoms with Crippen LogP contribution in [0.1, 0.15) is 50.8 Å². The number of rotatable bonds is 4. The zero-order valence-electron chi connectivity index (χ0n) is 12.8. The van der Waals surface area contributed by atoms with Gasteiger partial charge in [0.05, 0.1) is 0 Å². The fourth-order valence-corrected chi connectivity index (χ4v) is 3.03. The van der Waals surface area contributed by atoms with Crippen LogP contribution in [-0.2, 0) is 0 Å². The van der Waals surface area contributed by atoms with Gasteiger partial charge in [-0.05, 0) is 28.9 Å². The summed E-state index contributed by atoms with van der Waals surface area (Å²) in [5.41, 5.74) is 8.81. The Morgan fingerprint density at radius 1 is 1.05 bits per heavy atom. The minimum absolute atomic E-state index is 0.383. The van der Waals surface area contributed by atoms with Crippen LogP contribution in [0.25, 0.3) is 0 Å². The van der Waals surface area contributed by atoms with E-state index in [1.165, 1.54) is 24.2 Å². The summed E-state index contributed by atoms with van der Waals surface area (Å²) in [5.74, 6) is 2.16. The zero-order chi connectivity index (χ0) is 14.0.